The molecule has 6 unspecified atom stereocenters. The van der Waals surface area contributed by atoms with E-state index in [1.807, 2.05) is 48.5 Å². The smallest absolute Gasteiger partial charge is 0.410 e. The van der Waals surface area contributed by atoms with Gasteiger partial charge in [0.1, 0.15) is 36.7 Å². The van der Waals surface area contributed by atoms with Crippen molar-refractivity contribution < 1.29 is 43.6 Å². The van der Waals surface area contributed by atoms with Crippen LogP contribution in [0.2, 0.25) is 0 Å². The molecular weight excluding hydrogens is 761 g/mol. The van der Waals surface area contributed by atoms with E-state index in [9.17, 15) is 19.8 Å². The minimum Gasteiger partial charge on any atom is -0.459 e. The van der Waals surface area contributed by atoms with Gasteiger partial charge in [-0.25, -0.2) is 4.79 Å². The Hall–Kier alpha value is -5.49. The Kier molecular flexibility index (Phi) is 14.0. The lowest BCUT2D eigenvalue weighted by Crippen LogP contribution is -2.70. The lowest BCUT2D eigenvalue weighted by atomic mass is 9.55. The van der Waals surface area contributed by atoms with Gasteiger partial charge in [-0.2, -0.15) is 0 Å². The summed E-state index contributed by atoms with van der Waals surface area (Å²) in [7, 11) is 1.53. The predicted molar refractivity (Wildman–Crippen MR) is 230 cm³/mol. The molecule has 316 valence electrons. The second kappa shape index (κ2) is 19.7. The molecule has 0 bridgehead atoms. The number of carbonyl (C=O) groups excluding carboxylic acids is 2. The molecule has 3 aliphatic rings. The van der Waals surface area contributed by atoms with E-state index in [1.54, 1.807) is 36.1 Å². The fraction of sp³-hybridized carbons (Fsp3) is 0.408. The van der Waals surface area contributed by atoms with Gasteiger partial charge in [-0.05, 0) is 96.7 Å². The van der Waals surface area contributed by atoms with Crippen LogP contribution in [0.1, 0.15) is 79.3 Å². The van der Waals surface area contributed by atoms with Crippen molar-refractivity contribution in [2.24, 2.45) is 22.9 Å². The summed E-state index contributed by atoms with van der Waals surface area (Å²) in [6.45, 7) is 6.51. The number of rotatable bonds is 19. The zero-order valence-corrected chi connectivity index (χ0v) is 34.5. The van der Waals surface area contributed by atoms with Crippen LogP contribution in [0.15, 0.2) is 114 Å². The van der Waals surface area contributed by atoms with Crippen molar-refractivity contribution in [3.63, 3.8) is 0 Å². The number of fused-ring (bicyclic) bond motifs is 3. The summed E-state index contributed by atoms with van der Waals surface area (Å²) < 4.78 is 26.7. The van der Waals surface area contributed by atoms with Crippen LogP contribution in [0.5, 0.6) is 17.2 Å². The summed E-state index contributed by atoms with van der Waals surface area (Å²) in [4.78, 5) is 33.5. The third kappa shape index (κ3) is 8.71. The molecule has 2 aliphatic carbocycles. The molecule has 4 aromatic carbocycles. The first-order valence-electron chi connectivity index (χ1n) is 21.1. The van der Waals surface area contributed by atoms with Crippen molar-refractivity contribution in [1.29, 1.82) is 0 Å². The number of unbranched alkanes of at least 4 members (excludes halogenated alkanes) is 2. The maximum absolute atomic E-state index is 14.5. The largest absolute Gasteiger partial charge is 0.459 e. The Morgan fingerprint density at radius 2 is 1.73 bits per heavy atom. The number of aldehydes is 1. The van der Waals surface area contributed by atoms with E-state index in [1.165, 1.54) is 7.11 Å². The number of hydrogen-bond donors (Lipinski definition) is 2. The zero-order valence-electron chi connectivity index (χ0n) is 34.5. The quantitative estimate of drug-likeness (QED) is 0.0411. The number of aliphatic hydroxyl groups is 2. The Morgan fingerprint density at radius 3 is 2.50 bits per heavy atom. The van der Waals surface area contributed by atoms with E-state index in [-0.39, 0.29) is 57.1 Å². The van der Waals surface area contributed by atoms with E-state index in [0.717, 1.165) is 59.4 Å². The van der Waals surface area contributed by atoms with Crippen molar-refractivity contribution in [3.8, 4) is 17.2 Å². The topological polar surface area (TPSA) is 136 Å². The van der Waals surface area contributed by atoms with Crippen LogP contribution >= 0.6 is 0 Å². The number of carbonyl (C=O) groups is 2. The van der Waals surface area contributed by atoms with Gasteiger partial charge in [0, 0.05) is 36.7 Å². The first-order chi connectivity index (χ1) is 29.4. The highest BCUT2D eigenvalue weighted by molar-refractivity contribution is 6.03. The monoisotopic (exact) mass is 816 g/mol. The molecule has 4 aromatic rings. The lowest BCUT2D eigenvalue weighted by molar-refractivity contribution is -0.256. The van der Waals surface area contributed by atoms with Gasteiger partial charge in [0.25, 0.3) is 0 Å². The summed E-state index contributed by atoms with van der Waals surface area (Å²) in [5.74, 6) is -0.393. The highest BCUT2D eigenvalue weighted by Gasteiger charge is 2.65. The van der Waals surface area contributed by atoms with Gasteiger partial charge in [0.05, 0.1) is 31.4 Å². The van der Waals surface area contributed by atoms with E-state index >= 15 is 0 Å². The van der Waals surface area contributed by atoms with Crippen LogP contribution in [0, 0.1) is 17.8 Å². The fourth-order valence-corrected chi connectivity index (χ4v) is 9.73. The first-order valence-corrected chi connectivity index (χ1v) is 21.1. The molecule has 1 amide bonds. The van der Waals surface area contributed by atoms with Crippen molar-refractivity contribution in [2.75, 3.05) is 33.5 Å². The first kappa shape index (κ1) is 42.6. The molecule has 0 aromatic heterocycles. The molecule has 60 heavy (non-hydrogen) atoms. The summed E-state index contributed by atoms with van der Waals surface area (Å²) in [6, 6.07) is 26.2. The summed E-state index contributed by atoms with van der Waals surface area (Å²) in [6.07, 6.45) is 9.06. The summed E-state index contributed by atoms with van der Waals surface area (Å²) in [5, 5.41) is 26.6. The molecule has 2 N–H and O–H groups in total. The second-order valence-corrected chi connectivity index (χ2v) is 15.7. The van der Waals surface area contributed by atoms with Crippen molar-refractivity contribution in [3.05, 3.63) is 126 Å². The van der Waals surface area contributed by atoms with Gasteiger partial charge in [-0.15, -0.1) is 6.58 Å². The molecule has 1 heterocycles. The third-order valence-corrected chi connectivity index (χ3v) is 12.2. The number of oxime groups is 1. The average molecular weight is 817 g/mol. The Balaban J connectivity index is 1.45. The van der Waals surface area contributed by atoms with Gasteiger partial charge < -0.3 is 34.0 Å². The molecule has 1 aliphatic heterocycles. The standard InChI is InChI=1S/C49H56N2O9/c1-4-26-58-49-45(51(48(55)57-5-2)31-36-18-13-17-34-15-6-7-20-39(34)36)30-43(50-56-3)41-28-35(16-8-10-24-52)40(21-9-11-25-53)46(47(41)49)42-29-38(22-23-44(42)60-49)59-37-19-12-14-33(27-37)32-54/h4,6-7,12-15,17-20,22-23,27-29,32,35,40,45-47,52-53H,1,5,8-11,16,21,24-26,30-31H2,2-3H3. The SMILES string of the molecule is C=CCOC12Oc3ccc(Oc4cccc(C=O)c4)cc3C3C(CCCCO)C(CCCCO)C=C(C(=NOC)CC1N(Cc1cccc4ccccc14)C(=O)OCC)C32. The van der Waals surface area contributed by atoms with Crippen LogP contribution in [-0.4, -0.2) is 78.6 Å². The van der Waals surface area contributed by atoms with Crippen LogP contribution in [0.25, 0.3) is 10.8 Å². The minimum absolute atomic E-state index is 0.0312. The van der Waals surface area contributed by atoms with Gasteiger partial charge in [0.15, 0.2) is 0 Å². The highest BCUT2D eigenvalue weighted by Crippen LogP contribution is 2.62. The molecule has 1 fully saturated rings. The number of nitrogens with zero attached hydrogens (tertiary/aromatic N) is 2. The predicted octanol–water partition coefficient (Wildman–Crippen LogP) is 9.37. The van der Waals surface area contributed by atoms with E-state index < -0.39 is 23.8 Å². The van der Waals surface area contributed by atoms with Crippen LogP contribution in [0.3, 0.4) is 0 Å². The van der Waals surface area contributed by atoms with E-state index in [2.05, 4.69) is 30.9 Å². The number of amides is 1. The number of hydrogen-bond acceptors (Lipinski definition) is 10. The lowest BCUT2D eigenvalue weighted by Gasteiger charge is -2.59. The number of allylic oxidation sites excluding steroid dienone is 1. The molecule has 0 spiro atoms. The van der Waals surface area contributed by atoms with Crippen LogP contribution in [0.4, 0.5) is 4.79 Å². The Labute approximate surface area is 352 Å². The van der Waals surface area contributed by atoms with Gasteiger partial charge >= 0.3 is 6.09 Å². The molecular formula is C49H56N2O9. The fourth-order valence-electron chi connectivity index (χ4n) is 9.73. The molecule has 11 heteroatoms. The molecule has 11 nitrogen and oxygen atoms in total. The maximum atomic E-state index is 14.5. The molecule has 0 radical (unpaired) electrons. The minimum atomic E-state index is -1.45. The van der Waals surface area contributed by atoms with Gasteiger partial charge in [-0.3, -0.25) is 9.69 Å². The molecule has 7 rings (SSSR count). The van der Waals surface area contributed by atoms with E-state index in [4.69, 9.17) is 28.9 Å². The van der Waals surface area contributed by atoms with Crippen LogP contribution in [-0.2, 0) is 20.9 Å². The Morgan fingerprint density at radius 1 is 0.967 bits per heavy atom. The number of benzene rings is 4. The summed E-state index contributed by atoms with van der Waals surface area (Å²) >= 11 is 0. The molecule has 1 saturated carbocycles. The van der Waals surface area contributed by atoms with Gasteiger partial charge in [-0.1, -0.05) is 84.7 Å². The summed E-state index contributed by atoms with van der Waals surface area (Å²) in [5.41, 5.74) is 3.98. The van der Waals surface area contributed by atoms with Crippen LogP contribution < -0.4 is 9.47 Å². The highest BCUT2D eigenvalue weighted by atomic mass is 16.7. The van der Waals surface area contributed by atoms with Crippen molar-refractivity contribution >= 4 is 28.9 Å². The average Bonchev–Trinajstić information content (AvgIpc) is 3.27. The van der Waals surface area contributed by atoms with Crippen molar-refractivity contribution in [1.82, 2.24) is 4.90 Å². The number of aliphatic hydroxyl groups excluding tert-OH is 2. The Bertz CT molecular complexity index is 2200. The second-order valence-electron chi connectivity index (χ2n) is 15.7. The maximum Gasteiger partial charge on any atom is 0.410 e. The zero-order chi connectivity index (χ0) is 42.1. The normalized spacial score (nSPS) is 23.4. The number of ether oxygens (including phenoxy) is 4. The van der Waals surface area contributed by atoms with E-state index in [0.29, 0.717) is 41.4 Å². The van der Waals surface area contributed by atoms with Crippen molar-refractivity contribution in [2.45, 2.75) is 76.2 Å². The third-order valence-electron chi connectivity index (χ3n) is 12.2. The molecule has 0 saturated heterocycles. The molecule has 6 atom stereocenters. The van der Waals surface area contributed by atoms with Gasteiger partial charge in [0.2, 0.25) is 5.79 Å².